The molecule has 7 nitrogen and oxygen atoms in total. The normalized spacial score (nSPS) is 12.7. The highest BCUT2D eigenvalue weighted by molar-refractivity contribution is 5.87. The second-order valence-electron chi connectivity index (χ2n) is 4.31. The molecule has 0 aliphatic carbocycles. The molecule has 7 heteroatoms. The molecule has 2 heterocycles. The largest absolute Gasteiger partial charge is 0.393 e. The van der Waals surface area contributed by atoms with Crippen molar-refractivity contribution in [3.8, 4) is 0 Å². The van der Waals surface area contributed by atoms with Gasteiger partial charge in [-0.2, -0.15) is 15.1 Å². The number of aromatic amines is 1. The fraction of sp³-hybridized carbons (Fsp3) is 0.545. The van der Waals surface area contributed by atoms with E-state index in [0.29, 0.717) is 18.0 Å². The summed E-state index contributed by atoms with van der Waals surface area (Å²) in [7, 11) is 3.72. The Hall–Kier alpha value is -1.89. The lowest BCUT2D eigenvalue weighted by Crippen LogP contribution is -2.23. The standard InChI is InChI=1S/C11H18N6O/c1-7(18)4-5-17(3)10-8-6-13-16-9(8)14-11(12-2)15-10/h6-7,18H,4-5H2,1-3H3,(H2,12,13,14,15,16). The maximum atomic E-state index is 9.33. The molecule has 1 atom stereocenters. The third-order valence-corrected chi connectivity index (χ3v) is 2.76. The van der Waals surface area contributed by atoms with E-state index >= 15 is 0 Å². The van der Waals surface area contributed by atoms with Gasteiger partial charge >= 0.3 is 0 Å². The van der Waals surface area contributed by atoms with Crippen LogP contribution in [0.2, 0.25) is 0 Å². The SMILES string of the molecule is CNc1nc(N(C)CCC(C)O)c2cn[nH]c2n1. The average Bonchev–Trinajstić information content (AvgIpc) is 2.82. The van der Waals surface area contributed by atoms with Gasteiger partial charge in [0.05, 0.1) is 17.7 Å². The van der Waals surface area contributed by atoms with Gasteiger partial charge in [0.2, 0.25) is 5.95 Å². The van der Waals surface area contributed by atoms with Crippen LogP contribution in [0.15, 0.2) is 6.20 Å². The molecule has 1 unspecified atom stereocenters. The summed E-state index contributed by atoms with van der Waals surface area (Å²) in [6.07, 6.45) is 2.08. The van der Waals surface area contributed by atoms with E-state index < -0.39 is 0 Å². The lowest BCUT2D eigenvalue weighted by atomic mass is 10.2. The first-order valence-corrected chi connectivity index (χ1v) is 5.90. The summed E-state index contributed by atoms with van der Waals surface area (Å²) in [5.41, 5.74) is 0.702. The maximum Gasteiger partial charge on any atom is 0.226 e. The molecule has 98 valence electrons. The first-order valence-electron chi connectivity index (χ1n) is 5.90. The number of rotatable bonds is 5. The Morgan fingerprint density at radius 1 is 1.50 bits per heavy atom. The number of fused-ring (bicyclic) bond motifs is 1. The number of hydrogen-bond donors (Lipinski definition) is 3. The van der Waals surface area contributed by atoms with E-state index in [-0.39, 0.29) is 6.10 Å². The lowest BCUT2D eigenvalue weighted by Gasteiger charge is -2.19. The first-order chi connectivity index (χ1) is 8.61. The average molecular weight is 250 g/mol. The van der Waals surface area contributed by atoms with E-state index in [4.69, 9.17) is 0 Å². The van der Waals surface area contributed by atoms with Crippen LogP contribution in [0.25, 0.3) is 11.0 Å². The number of aliphatic hydroxyl groups is 1. The molecule has 0 aromatic carbocycles. The minimum Gasteiger partial charge on any atom is -0.393 e. The van der Waals surface area contributed by atoms with E-state index in [9.17, 15) is 5.11 Å². The number of aromatic nitrogens is 4. The van der Waals surface area contributed by atoms with Crippen LogP contribution in [0, 0.1) is 0 Å². The third-order valence-electron chi connectivity index (χ3n) is 2.76. The summed E-state index contributed by atoms with van der Waals surface area (Å²) < 4.78 is 0. The summed E-state index contributed by atoms with van der Waals surface area (Å²) in [5.74, 6) is 1.35. The Labute approximate surface area is 105 Å². The molecular weight excluding hydrogens is 232 g/mol. The van der Waals surface area contributed by atoms with E-state index in [1.54, 1.807) is 20.2 Å². The molecule has 0 aliphatic heterocycles. The summed E-state index contributed by atoms with van der Waals surface area (Å²) in [5, 5.41) is 20.0. The fourth-order valence-electron chi connectivity index (χ4n) is 1.71. The van der Waals surface area contributed by atoms with Crippen molar-refractivity contribution in [2.24, 2.45) is 0 Å². The zero-order chi connectivity index (χ0) is 13.1. The van der Waals surface area contributed by atoms with E-state index in [1.807, 2.05) is 11.9 Å². The summed E-state index contributed by atoms with van der Waals surface area (Å²) in [6, 6.07) is 0. The Morgan fingerprint density at radius 3 is 2.94 bits per heavy atom. The van der Waals surface area contributed by atoms with E-state index in [2.05, 4.69) is 25.5 Å². The number of nitrogens with one attached hydrogen (secondary N) is 2. The first kappa shape index (κ1) is 12.6. The van der Waals surface area contributed by atoms with E-state index in [0.717, 1.165) is 17.7 Å². The molecule has 2 aromatic rings. The predicted molar refractivity (Wildman–Crippen MR) is 70.8 cm³/mol. The molecule has 0 saturated carbocycles. The van der Waals surface area contributed by atoms with Crippen molar-refractivity contribution < 1.29 is 5.11 Å². The van der Waals surface area contributed by atoms with Crippen LogP contribution in [-0.2, 0) is 0 Å². The van der Waals surface area contributed by atoms with Gasteiger partial charge in [0.1, 0.15) is 5.82 Å². The van der Waals surface area contributed by atoms with Crippen molar-refractivity contribution in [3.05, 3.63) is 6.20 Å². The van der Waals surface area contributed by atoms with Crippen LogP contribution < -0.4 is 10.2 Å². The van der Waals surface area contributed by atoms with Crippen LogP contribution in [0.1, 0.15) is 13.3 Å². The van der Waals surface area contributed by atoms with Crippen molar-refractivity contribution >= 4 is 22.8 Å². The van der Waals surface area contributed by atoms with Crippen LogP contribution in [0.4, 0.5) is 11.8 Å². The second-order valence-corrected chi connectivity index (χ2v) is 4.31. The van der Waals surface area contributed by atoms with Crippen molar-refractivity contribution in [3.63, 3.8) is 0 Å². The predicted octanol–water partition coefficient (Wildman–Crippen LogP) is 0.602. The van der Waals surface area contributed by atoms with Gasteiger partial charge in [-0.15, -0.1) is 0 Å². The summed E-state index contributed by atoms with van der Waals surface area (Å²) in [4.78, 5) is 10.7. The van der Waals surface area contributed by atoms with Crippen LogP contribution in [0.3, 0.4) is 0 Å². The van der Waals surface area contributed by atoms with Gasteiger partial charge in [0, 0.05) is 20.6 Å². The molecule has 0 bridgehead atoms. The Bertz CT molecular complexity index is 523. The van der Waals surface area contributed by atoms with Crippen molar-refractivity contribution in [2.45, 2.75) is 19.4 Å². The number of aliphatic hydroxyl groups excluding tert-OH is 1. The third kappa shape index (κ3) is 2.51. The van der Waals surface area contributed by atoms with Gasteiger partial charge < -0.3 is 15.3 Å². The molecule has 0 saturated heterocycles. The molecule has 0 spiro atoms. The molecule has 2 aromatic heterocycles. The van der Waals surface area contributed by atoms with Crippen molar-refractivity contribution in [1.82, 2.24) is 20.2 Å². The van der Waals surface area contributed by atoms with Gasteiger partial charge in [-0.3, -0.25) is 5.10 Å². The highest BCUT2D eigenvalue weighted by Gasteiger charge is 2.13. The molecule has 3 N–H and O–H groups in total. The van der Waals surface area contributed by atoms with Gasteiger partial charge in [-0.1, -0.05) is 0 Å². The Morgan fingerprint density at radius 2 is 2.28 bits per heavy atom. The smallest absolute Gasteiger partial charge is 0.226 e. The maximum absolute atomic E-state index is 9.33. The van der Waals surface area contributed by atoms with Crippen molar-refractivity contribution in [2.75, 3.05) is 30.9 Å². The number of hydrogen-bond acceptors (Lipinski definition) is 6. The molecule has 18 heavy (non-hydrogen) atoms. The number of H-pyrrole nitrogens is 1. The van der Waals surface area contributed by atoms with Crippen LogP contribution >= 0.6 is 0 Å². The minimum atomic E-state index is -0.321. The zero-order valence-electron chi connectivity index (χ0n) is 10.8. The highest BCUT2D eigenvalue weighted by Crippen LogP contribution is 2.22. The molecular formula is C11H18N6O. The highest BCUT2D eigenvalue weighted by atomic mass is 16.3. The van der Waals surface area contributed by atoms with Gasteiger partial charge in [-0.05, 0) is 13.3 Å². The van der Waals surface area contributed by atoms with Gasteiger partial charge in [-0.25, -0.2) is 0 Å². The molecule has 0 fully saturated rings. The van der Waals surface area contributed by atoms with Gasteiger partial charge in [0.25, 0.3) is 0 Å². The number of anilines is 2. The number of nitrogens with zero attached hydrogens (tertiary/aromatic N) is 4. The molecule has 0 amide bonds. The van der Waals surface area contributed by atoms with Crippen LogP contribution in [-0.4, -0.2) is 52.0 Å². The molecule has 0 aliphatic rings. The quantitative estimate of drug-likeness (QED) is 0.720. The minimum absolute atomic E-state index is 0.321. The zero-order valence-corrected chi connectivity index (χ0v) is 10.8. The van der Waals surface area contributed by atoms with Gasteiger partial charge in [0.15, 0.2) is 5.65 Å². The van der Waals surface area contributed by atoms with E-state index in [1.165, 1.54) is 0 Å². The molecule has 2 rings (SSSR count). The van der Waals surface area contributed by atoms with Crippen molar-refractivity contribution in [1.29, 1.82) is 0 Å². The summed E-state index contributed by atoms with van der Waals surface area (Å²) in [6.45, 7) is 2.50. The lowest BCUT2D eigenvalue weighted by molar-refractivity contribution is 0.187. The topological polar surface area (TPSA) is 90.0 Å². The van der Waals surface area contributed by atoms with Crippen LogP contribution in [0.5, 0.6) is 0 Å². The Balaban J connectivity index is 2.32. The molecule has 0 radical (unpaired) electrons. The monoisotopic (exact) mass is 250 g/mol. The Kier molecular flexibility index (Phi) is 3.61. The second kappa shape index (κ2) is 5.18. The fourth-order valence-corrected chi connectivity index (χ4v) is 1.71. The summed E-state index contributed by atoms with van der Waals surface area (Å²) >= 11 is 0.